The number of rotatable bonds is 2. The van der Waals surface area contributed by atoms with Gasteiger partial charge in [-0.1, -0.05) is 6.07 Å². The summed E-state index contributed by atoms with van der Waals surface area (Å²) in [5.41, 5.74) is 5.18. The number of carboxylic acids is 1. The SMILES string of the molecule is COc1cc(C2CN=C(N=C(N)C(=O)O)CN2C(=O)OC(C)(C)C)ccc1F. The molecule has 0 fully saturated rings. The minimum absolute atomic E-state index is 0.0320. The summed E-state index contributed by atoms with van der Waals surface area (Å²) < 4.78 is 24.2. The molecule has 1 aromatic rings. The van der Waals surface area contributed by atoms with E-state index in [0.717, 1.165) is 0 Å². The maximum Gasteiger partial charge on any atom is 0.411 e. The number of amidine groups is 2. The van der Waals surface area contributed by atoms with Gasteiger partial charge in [-0.25, -0.2) is 19.0 Å². The van der Waals surface area contributed by atoms with Gasteiger partial charge >= 0.3 is 12.1 Å². The van der Waals surface area contributed by atoms with Crippen molar-refractivity contribution in [1.82, 2.24) is 4.90 Å². The van der Waals surface area contributed by atoms with Crippen molar-refractivity contribution in [2.75, 3.05) is 20.2 Å². The number of nitrogens with zero attached hydrogens (tertiary/aromatic N) is 3. The van der Waals surface area contributed by atoms with Crippen LogP contribution in [-0.2, 0) is 9.53 Å². The zero-order valence-corrected chi connectivity index (χ0v) is 16.1. The van der Waals surface area contributed by atoms with Gasteiger partial charge in [-0.2, -0.15) is 0 Å². The van der Waals surface area contributed by atoms with Gasteiger partial charge in [0.2, 0.25) is 5.84 Å². The van der Waals surface area contributed by atoms with Crippen LogP contribution in [0.3, 0.4) is 0 Å². The molecule has 9 nitrogen and oxygen atoms in total. The highest BCUT2D eigenvalue weighted by Crippen LogP contribution is 2.30. The first-order chi connectivity index (χ1) is 13.0. The Hall–Kier alpha value is -3.17. The molecule has 3 N–H and O–H groups in total. The third-order valence-corrected chi connectivity index (χ3v) is 3.79. The topological polar surface area (TPSA) is 127 Å². The minimum Gasteiger partial charge on any atom is -0.494 e. The molecule has 0 saturated heterocycles. The predicted octanol–water partition coefficient (Wildman–Crippen LogP) is 1.97. The van der Waals surface area contributed by atoms with Crippen molar-refractivity contribution in [1.29, 1.82) is 0 Å². The highest BCUT2D eigenvalue weighted by atomic mass is 19.1. The smallest absolute Gasteiger partial charge is 0.411 e. The number of amides is 1. The number of hydrogen-bond donors (Lipinski definition) is 2. The third kappa shape index (κ3) is 5.18. The number of carbonyl (C=O) groups excluding carboxylic acids is 1. The third-order valence-electron chi connectivity index (χ3n) is 3.79. The van der Waals surface area contributed by atoms with Gasteiger partial charge in [-0.15, -0.1) is 0 Å². The van der Waals surface area contributed by atoms with E-state index in [9.17, 15) is 14.0 Å². The molecule has 0 radical (unpaired) electrons. The van der Waals surface area contributed by atoms with Gasteiger partial charge in [-0.3, -0.25) is 9.89 Å². The Morgan fingerprint density at radius 1 is 1.39 bits per heavy atom. The molecule has 0 spiro atoms. The lowest BCUT2D eigenvalue weighted by Gasteiger charge is -2.35. The van der Waals surface area contributed by atoms with Gasteiger partial charge in [0, 0.05) is 0 Å². The van der Waals surface area contributed by atoms with E-state index >= 15 is 0 Å². The number of halogens is 1. The van der Waals surface area contributed by atoms with Crippen LogP contribution in [0.5, 0.6) is 5.75 Å². The van der Waals surface area contributed by atoms with Crippen LogP contribution in [0.15, 0.2) is 28.2 Å². The van der Waals surface area contributed by atoms with Crippen LogP contribution >= 0.6 is 0 Å². The van der Waals surface area contributed by atoms with Crippen LogP contribution in [0.2, 0.25) is 0 Å². The van der Waals surface area contributed by atoms with E-state index in [1.54, 1.807) is 20.8 Å². The lowest BCUT2D eigenvalue weighted by molar-refractivity contribution is -0.129. The number of carboxylic acid groups (broad SMARTS) is 1. The fourth-order valence-corrected chi connectivity index (χ4v) is 2.54. The Morgan fingerprint density at radius 3 is 2.64 bits per heavy atom. The molecule has 0 aliphatic carbocycles. The Kier molecular flexibility index (Phi) is 6.22. The zero-order valence-electron chi connectivity index (χ0n) is 16.1. The monoisotopic (exact) mass is 394 g/mol. The number of hydrogen-bond acceptors (Lipinski definition) is 6. The van der Waals surface area contributed by atoms with Gasteiger partial charge in [0.15, 0.2) is 11.6 Å². The fourth-order valence-electron chi connectivity index (χ4n) is 2.54. The van der Waals surface area contributed by atoms with E-state index < -0.39 is 35.4 Å². The summed E-state index contributed by atoms with van der Waals surface area (Å²) in [6.07, 6.45) is -0.641. The Bertz CT molecular complexity index is 832. The van der Waals surface area contributed by atoms with Crippen molar-refractivity contribution in [2.24, 2.45) is 15.7 Å². The summed E-state index contributed by atoms with van der Waals surface area (Å²) >= 11 is 0. The molecule has 1 aliphatic rings. The standard InChI is InChI=1S/C18H23FN4O5/c1-18(2,3)28-17(26)23-9-14(22-15(20)16(24)25)21-8-12(23)10-5-6-11(19)13(7-10)27-4/h5-7,12H,8-9H2,1-4H3,(H,24,25)(H2,20,21,22). The van der Waals surface area contributed by atoms with E-state index in [1.807, 2.05) is 0 Å². The highest BCUT2D eigenvalue weighted by molar-refractivity contribution is 6.35. The van der Waals surface area contributed by atoms with Crippen molar-refractivity contribution in [3.05, 3.63) is 29.6 Å². The molecule has 0 saturated carbocycles. The summed E-state index contributed by atoms with van der Waals surface area (Å²) in [6, 6.07) is 3.66. The number of aliphatic carboxylic acids is 1. The van der Waals surface area contributed by atoms with Gasteiger partial charge in [0.05, 0.1) is 26.2 Å². The van der Waals surface area contributed by atoms with Crippen LogP contribution in [0.1, 0.15) is 32.4 Å². The van der Waals surface area contributed by atoms with E-state index in [4.69, 9.17) is 20.3 Å². The van der Waals surface area contributed by atoms with E-state index in [1.165, 1.54) is 30.2 Å². The summed E-state index contributed by atoms with van der Waals surface area (Å²) in [4.78, 5) is 32.9. The number of methoxy groups -OCH3 is 1. The lowest BCUT2D eigenvalue weighted by atomic mass is 10.0. The summed E-state index contributed by atoms with van der Waals surface area (Å²) in [6.45, 7) is 5.12. The summed E-state index contributed by atoms with van der Waals surface area (Å²) in [5, 5.41) is 8.89. The maximum atomic E-state index is 13.8. The molecule has 10 heteroatoms. The van der Waals surface area contributed by atoms with E-state index in [2.05, 4.69) is 9.98 Å². The molecule has 152 valence electrons. The number of ether oxygens (including phenoxy) is 2. The Morgan fingerprint density at radius 2 is 2.07 bits per heavy atom. The number of benzene rings is 1. The Balaban J connectivity index is 2.41. The molecule has 0 bridgehead atoms. The molecule has 1 amide bonds. The second kappa shape index (κ2) is 8.24. The number of nitrogens with two attached hydrogens (primary N) is 1. The van der Waals surface area contributed by atoms with Crippen LogP contribution < -0.4 is 10.5 Å². The quantitative estimate of drug-likeness (QED) is 0.583. The van der Waals surface area contributed by atoms with Crippen LogP contribution in [0.25, 0.3) is 0 Å². The average molecular weight is 394 g/mol. The first kappa shape index (κ1) is 21.1. The fraction of sp³-hybridized carbons (Fsp3) is 0.444. The largest absolute Gasteiger partial charge is 0.494 e. The molecule has 1 aliphatic heterocycles. The molecule has 2 rings (SSSR count). The van der Waals surface area contributed by atoms with E-state index in [0.29, 0.717) is 5.56 Å². The second-order valence-electron chi connectivity index (χ2n) is 7.08. The minimum atomic E-state index is -1.39. The molecular weight excluding hydrogens is 371 g/mol. The van der Waals surface area contributed by atoms with Crippen molar-refractivity contribution >= 4 is 23.7 Å². The normalized spacial score (nSPS) is 17.8. The maximum absolute atomic E-state index is 13.8. The zero-order chi connectivity index (χ0) is 21.1. The highest BCUT2D eigenvalue weighted by Gasteiger charge is 2.33. The molecule has 28 heavy (non-hydrogen) atoms. The van der Waals surface area contributed by atoms with Crippen LogP contribution in [-0.4, -0.2) is 59.5 Å². The molecular formula is C18H23FN4O5. The lowest BCUT2D eigenvalue weighted by Crippen LogP contribution is -2.45. The van der Waals surface area contributed by atoms with E-state index in [-0.39, 0.29) is 24.7 Å². The average Bonchev–Trinajstić information content (AvgIpc) is 2.60. The van der Waals surface area contributed by atoms with Crippen molar-refractivity contribution in [2.45, 2.75) is 32.4 Å². The number of carbonyl (C=O) groups is 2. The molecule has 1 atom stereocenters. The second-order valence-corrected chi connectivity index (χ2v) is 7.08. The van der Waals surface area contributed by atoms with Crippen LogP contribution in [0.4, 0.5) is 9.18 Å². The molecule has 1 aromatic carbocycles. The summed E-state index contributed by atoms with van der Waals surface area (Å²) in [7, 11) is 1.34. The van der Waals surface area contributed by atoms with Crippen molar-refractivity contribution in [3.8, 4) is 5.75 Å². The van der Waals surface area contributed by atoms with Crippen molar-refractivity contribution < 1.29 is 28.6 Å². The van der Waals surface area contributed by atoms with Gasteiger partial charge < -0.3 is 20.3 Å². The molecule has 1 unspecified atom stereocenters. The van der Waals surface area contributed by atoms with Crippen LogP contribution in [0, 0.1) is 5.82 Å². The molecule has 1 heterocycles. The van der Waals surface area contributed by atoms with Gasteiger partial charge in [-0.05, 0) is 38.5 Å². The molecule has 0 aromatic heterocycles. The first-order valence-corrected chi connectivity index (χ1v) is 8.45. The first-order valence-electron chi connectivity index (χ1n) is 8.45. The summed E-state index contributed by atoms with van der Waals surface area (Å²) in [5.74, 6) is -2.45. The Labute approximate surface area is 161 Å². The van der Waals surface area contributed by atoms with Gasteiger partial charge in [0.1, 0.15) is 11.4 Å². The van der Waals surface area contributed by atoms with Crippen molar-refractivity contribution in [3.63, 3.8) is 0 Å². The predicted molar refractivity (Wildman–Crippen MR) is 100 cm³/mol. The number of aliphatic imine (C=N–C) groups is 2. The van der Waals surface area contributed by atoms with Gasteiger partial charge in [0.25, 0.3) is 0 Å².